The summed E-state index contributed by atoms with van der Waals surface area (Å²) >= 11 is 0. The molecule has 2 N–H and O–H groups in total. The molecule has 0 bridgehead atoms. The summed E-state index contributed by atoms with van der Waals surface area (Å²) < 4.78 is 0. The minimum Gasteiger partial charge on any atom is -0.368 e. The first-order valence-electron chi connectivity index (χ1n) is 7.74. The number of carbonyl (C=O) groups is 2. The van der Waals surface area contributed by atoms with Crippen LogP contribution in [-0.2, 0) is 4.79 Å². The van der Waals surface area contributed by atoms with Crippen LogP contribution in [0.5, 0.6) is 0 Å². The molecule has 1 saturated carbocycles. The molecule has 7 heteroatoms. The molecule has 2 rings (SSSR count). The average molecular weight is 319 g/mol. The third-order valence-electron chi connectivity index (χ3n) is 4.07. The van der Waals surface area contributed by atoms with E-state index in [4.69, 9.17) is 0 Å². The maximum absolute atomic E-state index is 12.2. The number of rotatable bonds is 6. The van der Waals surface area contributed by atoms with E-state index in [0.717, 1.165) is 25.7 Å². The van der Waals surface area contributed by atoms with Gasteiger partial charge in [-0.2, -0.15) is 0 Å². The Morgan fingerprint density at radius 3 is 2.52 bits per heavy atom. The van der Waals surface area contributed by atoms with Gasteiger partial charge in [0.1, 0.15) is 11.7 Å². The normalized spacial score (nSPS) is 15.9. The van der Waals surface area contributed by atoms with Gasteiger partial charge in [-0.3, -0.25) is 19.7 Å². The molecule has 0 aromatic heterocycles. The second kappa shape index (κ2) is 7.21. The van der Waals surface area contributed by atoms with Crippen LogP contribution in [0.15, 0.2) is 18.2 Å². The molecular formula is C16H21N3O4. The topological polar surface area (TPSA) is 101 Å². The van der Waals surface area contributed by atoms with Gasteiger partial charge in [-0.1, -0.05) is 12.8 Å². The summed E-state index contributed by atoms with van der Waals surface area (Å²) in [5.74, 6) is -0.423. The van der Waals surface area contributed by atoms with Gasteiger partial charge >= 0.3 is 0 Å². The van der Waals surface area contributed by atoms with Crippen LogP contribution in [-0.4, -0.2) is 28.7 Å². The molecule has 7 nitrogen and oxygen atoms in total. The summed E-state index contributed by atoms with van der Waals surface area (Å²) in [5, 5.41) is 17.0. The number of hydrogen-bond donors (Lipinski definition) is 2. The van der Waals surface area contributed by atoms with Crippen LogP contribution in [0.3, 0.4) is 0 Å². The van der Waals surface area contributed by atoms with Crippen LogP contribution < -0.4 is 10.6 Å². The first-order chi connectivity index (χ1) is 10.9. The van der Waals surface area contributed by atoms with E-state index in [9.17, 15) is 19.7 Å². The predicted molar refractivity (Wildman–Crippen MR) is 86.6 cm³/mol. The highest BCUT2D eigenvalue weighted by molar-refractivity contribution is 5.95. The molecule has 1 unspecified atom stereocenters. The smallest absolute Gasteiger partial charge is 0.293 e. The summed E-state index contributed by atoms with van der Waals surface area (Å²) in [6, 6.07) is 3.80. The molecule has 1 aromatic rings. The maximum atomic E-state index is 12.2. The molecule has 124 valence electrons. The fraction of sp³-hybridized carbons (Fsp3) is 0.500. The molecule has 1 aliphatic carbocycles. The molecule has 0 saturated heterocycles. The van der Waals surface area contributed by atoms with E-state index in [1.807, 2.05) is 0 Å². The highest BCUT2D eigenvalue weighted by Crippen LogP contribution is 2.26. The van der Waals surface area contributed by atoms with Gasteiger partial charge < -0.3 is 10.6 Å². The number of nitro groups is 1. The van der Waals surface area contributed by atoms with Crippen molar-refractivity contribution in [3.8, 4) is 0 Å². The van der Waals surface area contributed by atoms with E-state index in [2.05, 4.69) is 10.6 Å². The first-order valence-corrected chi connectivity index (χ1v) is 7.74. The van der Waals surface area contributed by atoms with E-state index < -0.39 is 11.0 Å². The first kappa shape index (κ1) is 16.9. The Hall–Kier alpha value is -2.44. The van der Waals surface area contributed by atoms with Crippen LogP contribution in [0.4, 0.5) is 11.4 Å². The van der Waals surface area contributed by atoms with Gasteiger partial charge in [-0.25, -0.2) is 0 Å². The van der Waals surface area contributed by atoms with Crippen molar-refractivity contribution in [1.29, 1.82) is 0 Å². The third-order valence-corrected chi connectivity index (χ3v) is 4.07. The molecule has 23 heavy (non-hydrogen) atoms. The Bertz CT molecular complexity index is 624. The van der Waals surface area contributed by atoms with Crippen molar-refractivity contribution in [1.82, 2.24) is 5.32 Å². The van der Waals surface area contributed by atoms with E-state index in [0.29, 0.717) is 0 Å². The van der Waals surface area contributed by atoms with E-state index >= 15 is 0 Å². The van der Waals surface area contributed by atoms with Crippen LogP contribution in [0, 0.1) is 10.1 Å². The number of nitro benzene ring substituents is 1. The highest BCUT2D eigenvalue weighted by atomic mass is 16.6. The van der Waals surface area contributed by atoms with Gasteiger partial charge in [-0.15, -0.1) is 0 Å². The summed E-state index contributed by atoms with van der Waals surface area (Å²) in [6.07, 6.45) is 4.19. The van der Waals surface area contributed by atoms with Gasteiger partial charge in [0, 0.05) is 17.7 Å². The highest BCUT2D eigenvalue weighted by Gasteiger charge is 2.23. The van der Waals surface area contributed by atoms with Crippen molar-refractivity contribution in [2.75, 3.05) is 5.32 Å². The van der Waals surface area contributed by atoms with Gasteiger partial charge in [0.15, 0.2) is 5.78 Å². The largest absolute Gasteiger partial charge is 0.368 e. The van der Waals surface area contributed by atoms with Crippen molar-refractivity contribution < 1.29 is 14.5 Å². The fourth-order valence-corrected chi connectivity index (χ4v) is 2.72. The number of anilines is 1. The number of ketones is 1. The Morgan fingerprint density at radius 1 is 1.30 bits per heavy atom. The summed E-state index contributed by atoms with van der Waals surface area (Å²) in [5.41, 5.74) is 0.289. The molecule has 1 aromatic carbocycles. The lowest BCUT2D eigenvalue weighted by Gasteiger charge is -2.18. The van der Waals surface area contributed by atoms with E-state index in [1.165, 1.54) is 25.1 Å². The Labute approximate surface area is 134 Å². The van der Waals surface area contributed by atoms with Gasteiger partial charge in [0.05, 0.1) is 4.92 Å². The van der Waals surface area contributed by atoms with Crippen molar-refractivity contribution >= 4 is 23.1 Å². The minimum atomic E-state index is -0.600. The van der Waals surface area contributed by atoms with Crippen LogP contribution in [0.25, 0.3) is 0 Å². The molecule has 1 atom stereocenters. The minimum absolute atomic E-state index is 0.179. The lowest BCUT2D eigenvalue weighted by Crippen LogP contribution is -2.42. The average Bonchev–Trinajstić information content (AvgIpc) is 2.99. The molecule has 1 fully saturated rings. The van der Waals surface area contributed by atoms with E-state index in [1.54, 1.807) is 6.92 Å². The Balaban J connectivity index is 2.09. The number of hydrogen-bond acceptors (Lipinski definition) is 5. The molecule has 1 amide bonds. The fourth-order valence-electron chi connectivity index (χ4n) is 2.72. The molecule has 0 heterocycles. The number of carbonyl (C=O) groups excluding carboxylic acids is 2. The molecule has 0 spiro atoms. The SMILES string of the molecule is CC(=O)c1ccc(NC(C)C(=O)NC2CCCC2)c([N+](=O)[O-])c1. The zero-order valence-corrected chi connectivity index (χ0v) is 13.3. The zero-order valence-electron chi connectivity index (χ0n) is 13.3. The van der Waals surface area contributed by atoms with Crippen molar-refractivity contribution in [2.24, 2.45) is 0 Å². The number of nitrogens with zero attached hydrogens (tertiary/aromatic N) is 1. The Kier molecular flexibility index (Phi) is 5.31. The molecule has 0 radical (unpaired) electrons. The van der Waals surface area contributed by atoms with Crippen LogP contribution in [0.1, 0.15) is 49.9 Å². The number of nitrogens with one attached hydrogen (secondary N) is 2. The van der Waals surface area contributed by atoms with Crippen molar-refractivity contribution in [3.63, 3.8) is 0 Å². The van der Waals surface area contributed by atoms with Crippen LogP contribution in [0.2, 0.25) is 0 Å². The monoisotopic (exact) mass is 319 g/mol. The lowest BCUT2D eigenvalue weighted by atomic mass is 10.1. The second-order valence-corrected chi connectivity index (χ2v) is 5.90. The number of amides is 1. The third kappa shape index (κ3) is 4.28. The second-order valence-electron chi connectivity index (χ2n) is 5.90. The summed E-state index contributed by atoms with van der Waals surface area (Å²) in [4.78, 5) is 34.1. The van der Waals surface area contributed by atoms with Crippen molar-refractivity contribution in [2.45, 2.75) is 51.6 Å². The van der Waals surface area contributed by atoms with E-state index in [-0.39, 0.29) is 34.7 Å². The van der Waals surface area contributed by atoms with Crippen molar-refractivity contribution in [3.05, 3.63) is 33.9 Å². The number of Topliss-reactive ketones (excluding diaryl/α,β-unsaturated/α-hetero) is 1. The maximum Gasteiger partial charge on any atom is 0.293 e. The Morgan fingerprint density at radius 2 is 1.96 bits per heavy atom. The molecular weight excluding hydrogens is 298 g/mol. The summed E-state index contributed by atoms with van der Waals surface area (Å²) in [7, 11) is 0. The number of benzene rings is 1. The van der Waals surface area contributed by atoms with Gasteiger partial charge in [0.2, 0.25) is 5.91 Å². The van der Waals surface area contributed by atoms with Crippen LogP contribution >= 0.6 is 0 Å². The van der Waals surface area contributed by atoms with Gasteiger partial charge in [0.25, 0.3) is 5.69 Å². The molecule has 0 aliphatic heterocycles. The quantitative estimate of drug-likeness (QED) is 0.477. The zero-order chi connectivity index (χ0) is 17.0. The molecule has 1 aliphatic rings. The predicted octanol–water partition coefficient (Wildman–Crippen LogP) is 2.66. The van der Waals surface area contributed by atoms with Gasteiger partial charge in [-0.05, 0) is 38.8 Å². The summed E-state index contributed by atoms with van der Waals surface area (Å²) in [6.45, 7) is 3.01. The standard InChI is InChI=1S/C16H21N3O4/c1-10(16(21)18-13-5-3-4-6-13)17-14-8-7-12(11(2)20)9-15(14)19(22)23/h7-10,13,17H,3-6H2,1-2H3,(H,18,21). The lowest BCUT2D eigenvalue weighted by molar-refractivity contribution is -0.384.